The second kappa shape index (κ2) is 5.82. The van der Waals surface area contributed by atoms with Gasteiger partial charge in [0.25, 0.3) is 0 Å². The SMILES string of the molecule is CCn1nc(C)c(N)c1N1CCC(CN(C)C)CC1. The maximum absolute atomic E-state index is 6.19. The van der Waals surface area contributed by atoms with Crippen LogP contribution < -0.4 is 10.6 Å². The number of hydrogen-bond donors (Lipinski definition) is 1. The minimum atomic E-state index is 0.812. The van der Waals surface area contributed by atoms with Gasteiger partial charge in [-0.15, -0.1) is 0 Å². The van der Waals surface area contributed by atoms with Crippen molar-refractivity contribution in [1.29, 1.82) is 0 Å². The van der Waals surface area contributed by atoms with Crippen LogP contribution >= 0.6 is 0 Å². The van der Waals surface area contributed by atoms with Gasteiger partial charge in [-0.2, -0.15) is 5.10 Å². The Morgan fingerprint density at radius 3 is 2.47 bits per heavy atom. The second-order valence-electron chi connectivity index (χ2n) is 5.83. The van der Waals surface area contributed by atoms with Crippen LogP contribution in [0.15, 0.2) is 0 Å². The van der Waals surface area contributed by atoms with Crippen molar-refractivity contribution < 1.29 is 0 Å². The van der Waals surface area contributed by atoms with E-state index in [1.54, 1.807) is 0 Å². The van der Waals surface area contributed by atoms with E-state index < -0.39 is 0 Å². The third-order valence-electron chi connectivity index (χ3n) is 3.98. The van der Waals surface area contributed by atoms with E-state index in [0.29, 0.717) is 0 Å². The van der Waals surface area contributed by atoms with E-state index in [9.17, 15) is 0 Å². The Labute approximate surface area is 116 Å². The van der Waals surface area contributed by atoms with Gasteiger partial charge in [-0.1, -0.05) is 0 Å². The van der Waals surface area contributed by atoms with Crippen LogP contribution in [0, 0.1) is 12.8 Å². The van der Waals surface area contributed by atoms with Gasteiger partial charge in [0.05, 0.1) is 11.4 Å². The molecule has 1 aromatic heterocycles. The van der Waals surface area contributed by atoms with Gasteiger partial charge in [0.15, 0.2) is 5.82 Å². The second-order valence-corrected chi connectivity index (χ2v) is 5.83. The lowest BCUT2D eigenvalue weighted by atomic mass is 9.96. The Morgan fingerprint density at radius 1 is 1.32 bits per heavy atom. The fourth-order valence-electron chi connectivity index (χ4n) is 2.98. The molecule has 0 aromatic carbocycles. The van der Waals surface area contributed by atoms with Gasteiger partial charge >= 0.3 is 0 Å². The smallest absolute Gasteiger partial charge is 0.150 e. The van der Waals surface area contributed by atoms with Gasteiger partial charge in [0.1, 0.15) is 0 Å². The largest absolute Gasteiger partial charge is 0.394 e. The van der Waals surface area contributed by atoms with Crippen LogP contribution in [0.25, 0.3) is 0 Å². The van der Waals surface area contributed by atoms with Crippen LogP contribution in [0.3, 0.4) is 0 Å². The molecule has 0 amide bonds. The zero-order valence-corrected chi connectivity index (χ0v) is 12.7. The first-order valence-electron chi connectivity index (χ1n) is 7.25. The highest BCUT2D eigenvalue weighted by Crippen LogP contribution is 2.30. The molecule has 5 nitrogen and oxygen atoms in total. The molecule has 19 heavy (non-hydrogen) atoms. The molecular weight excluding hydrogens is 238 g/mol. The highest BCUT2D eigenvalue weighted by Gasteiger charge is 2.24. The standard InChI is InChI=1S/C14H27N5/c1-5-19-14(13(15)11(2)16-19)18-8-6-12(7-9-18)10-17(3)4/h12H,5-10,15H2,1-4H3. The van der Waals surface area contributed by atoms with Crippen molar-refractivity contribution in [2.75, 3.05) is 44.4 Å². The summed E-state index contributed by atoms with van der Waals surface area (Å²) in [6.45, 7) is 8.36. The summed E-state index contributed by atoms with van der Waals surface area (Å²) < 4.78 is 2.04. The van der Waals surface area contributed by atoms with Gasteiger partial charge in [-0.3, -0.25) is 0 Å². The van der Waals surface area contributed by atoms with Gasteiger partial charge in [-0.05, 0) is 46.7 Å². The van der Waals surface area contributed by atoms with Crippen molar-refractivity contribution in [2.45, 2.75) is 33.2 Å². The molecule has 2 N–H and O–H groups in total. The number of piperidine rings is 1. The maximum atomic E-state index is 6.19. The third kappa shape index (κ3) is 3.03. The fraction of sp³-hybridized carbons (Fsp3) is 0.786. The lowest BCUT2D eigenvalue weighted by Gasteiger charge is -2.34. The molecule has 1 aliphatic heterocycles. The van der Waals surface area contributed by atoms with E-state index in [1.807, 2.05) is 11.6 Å². The molecule has 1 saturated heterocycles. The zero-order chi connectivity index (χ0) is 14.0. The average Bonchev–Trinajstić information content (AvgIpc) is 2.66. The average molecular weight is 265 g/mol. The molecule has 1 fully saturated rings. The normalized spacial score (nSPS) is 17.4. The summed E-state index contributed by atoms with van der Waals surface area (Å²) in [4.78, 5) is 4.69. The molecule has 0 atom stereocenters. The summed E-state index contributed by atoms with van der Waals surface area (Å²) in [6, 6.07) is 0. The third-order valence-corrected chi connectivity index (χ3v) is 3.98. The molecule has 2 heterocycles. The summed E-state index contributed by atoms with van der Waals surface area (Å²) in [5.74, 6) is 1.94. The monoisotopic (exact) mass is 265 g/mol. The Morgan fingerprint density at radius 2 is 1.95 bits per heavy atom. The summed E-state index contributed by atoms with van der Waals surface area (Å²) in [6.07, 6.45) is 2.48. The van der Waals surface area contributed by atoms with Crippen molar-refractivity contribution in [3.05, 3.63) is 5.69 Å². The molecule has 5 heteroatoms. The molecule has 0 bridgehead atoms. The summed E-state index contributed by atoms with van der Waals surface area (Å²) in [5.41, 5.74) is 8.00. The number of hydrogen-bond acceptors (Lipinski definition) is 4. The van der Waals surface area contributed by atoms with Gasteiger partial charge in [0, 0.05) is 26.2 Å². The molecule has 1 aromatic rings. The molecule has 0 saturated carbocycles. The van der Waals surface area contributed by atoms with Gasteiger partial charge in [0.2, 0.25) is 0 Å². The summed E-state index contributed by atoms with van der Waals surface area (Å²) in [5, 5.41) is 4.51. The van der Waals surface area contributed by atoms with Gasteiger partial charge < -0.3 is 15.5 Å². The number of rotatable bonds is 4. The van der Waals surface area contributed by atoms with Crippen molar-refractivity contribution in [2.24, 2.45) is 5.92 Å². The van der Waals surface area contributed by atoms with Crippen LogP contribution in [0.4, 0.5) is 11.5 Å². The first-order chi connectivity index (χ1) is 9.02. The van der Waals surface area contributed by atoms with Crippen molar-refractivity contribution in [3.63, 3.8) is 0 Å². The van der Waals surface area contributed by atoms with Crippen LogP contribution in [-0.2, 0) is 6.54 Å². The topological polar surface area (TPSA) is 50.3 Å². The van der Waals surface area contributed by atoms with Crippen molar-refractivity contribution in [1.82, 2.24) is 14.7 Å². The van der Waals surface area contributed by atoms with E-state index in [0.717, 1.165) is 42.8 Å². The van der Waals surface area contributed by atoms with Crippen LogP contribution in [-0.4, -0.2) is 48.4 Å². The minimum Gasteiger partial charge on any atom is -0.394 e. The summed E-state index contributed by atoms with van der Waals surface area (Å²) in [7, 11) is 4.31. The van der Waals surface area contributed by atoms with Crippen LogP contribution in [0.5, 0.6) is 0 Å². The van der Waals surface area contributed by atoms with E-state index in [2.05, 4.69) is 35.9 Å². The predicted molar refractivity (Wildman–Crippen MR) is 80.5 cm³/mol. The minimum absolute atomic E-state index is 0.812. The quantitative estimate of drug-likeness (QED) is 0.898. The molecule has 0 radical (unpaired) electrons. The Kier molecular flexibility index (Phi) is 4.34. The zero-order valence-electron chi connectivity index (χ0n) is 12.7. The number of aromatic nitrogens is 2. The van der Waals surface area contributed by atoms with E-state index in [1.165, 1.54) is 19.4 Å². The predicted octanol–water partition coefficient (Wildman–Crippen LogP) is 1.57. The first-order valence-corrected chi connectivity index (χ1v) is 7.25. The highest BCUT2D eigenvalue weighted by molar-refractivity contribution is 5.66. The van der Waals surface area contributed by atoms with Crippen molar-refractivity contribution in [3.8, 4) is 0 Å². The molecule has 108 valence electrons. The fourth-order valence-corrected chi connectivity index (χ4v) is 2.98. The Bertz CT molecular complexity index is 416. The lowest BCUT2D eigenvalue weighted by molar-refractivity contribution is 0.284. The molecule has 2 rings (SSSR count). The van der Waals surface area contributed by atoms with E-state index in [-0.39, 0.29) is 0 Å². The number of nitrogen functional groups attached to an aromatic ring is 1. The highest BCUT2D eigenvalue weighted by atomic mass is 15.4. The lowest BCUT2D eigenvalue weighted by Crippen LogP contribution is -2.38. The number of nitrogens with two attached hydrogens (primary N) is 1. The van der Waals surface area contributed by atoms with E-state index >= 15 is 0 Å². The van der Waals surface area contributed by atoms with Gasteiger partial charge in [-0.25, -0.2) is 4.68 Å². The molecule has 1 aliphatic rings. The van der Waals surface area contributed by atoms with Crippen LogP contribution in [0.1, 0.15) is 25.5 Å². The molecule has 0 unspecified atom stereocenters. The maximum Gasteiger partial charge on any atom is 0.150 e. The van der Waals surface area contributed by atoms with Crippen LogP contribution in [0.2, 0.25) is 0 Å². The molecular formula is C14H27N5. The van der Waals surface area contributed by atoms with Crippen molar-refractivity contribution >= 4 is 11.5 Å². The summed E-state index contributed by atoms with van der Waals surface area (Å²) >= 11 is 0. The first kappa shape index (κ1) is 14.2. The molecule has 0 aliphatic carbocycles. The number of anilines is 2. The Balaban J connectivity index is 2.05. The number of nitrogens with zero attached hydrogens (tertiary/aromatic N) is 4. The Hall–Kier alpha value is -1.23. The molecule has 0 spiro atoms. The number of aryl methyl sites for hydroxylation is 2. The van der Waals surface area contributed by atoms with E-state index in [4.69, 9.17) is 5.73 Å².